The second kappa shape index (κ2) is 6.50. The fourth-order valence-corrected chi connectivity index (χ4v) is 2.18. The Hall–Kier alpha value is -2.20. The Morgan fingerprint density at radius 3 is 2.19 bits per heavy atom. The minimum Gasteiger partial charge on any atom is -0.496 e. The average Bonchev–Trinajstić information content (AvgIpc) is 2.48. The van der Waals surface area contributed by atoms with E-state index in [9.17, 15) is 5.11 Å². The Morgan fingerprint density at radius 2 is 1.57 bits per heavy atom. The van der Waals surface area contributed by atoms with Gasteiger partial charge in [0, 0.05) is 0 Å². The predicted molar refractivity (Wildman–Crippen MR) is 81.4 cm³/mol. The lowest BCUT2D eigenvalue weighted by molar-refractivity contribution is 0.190. The molecule has 2 rings (SSSR count). The van der Waals surface area contributed by atoms with Crippen LogP contribution in [0.5, 0.6) is 23.0 Å². The van der Waals surface area contributed by atoms with Crippen molar-refractivity contribution in [2.24, 2.45) is 0 Å². The number of aliphatic hydroxyl groups is 1. The summed E-state index contributed by atoms with van der Waals surface area (Å²) in [6.45, 7) is 3.66. The third-order valence-corrected chi connectivity index (χ3v) is 3.20. The molecule has 0 aliphatic carbocycles. The van der Waals surface area contributed by atoms with E-state index in [1.165, 1.54) is 0 Å². The zero-order valence-corrected chi connectivity index (χ0v) is 12.7. The summed E-state index contributed by atoms with van der Waals surface area (Å²) in [7, 11) is 3.17. The van der Waals surface area contributed by atoms with Gasteiger partial charge in [0.1, 0.15) is 11.5 Å². The summed E-state index contributed by atoms with van der Waals surface area (Å²) in [6.07, 6.45) is -0.701. The highest BCUT2D eigenvalue weighted by atomic mass is 16.5. The molecule has 0 aliphatic rings. The molecule has 4 nitrogen and oxygen atoms in total. The van der Waals surface area contributed by atoms with E-state index in [-0.39, 0.29) is 0 Å². The first-order chi connectivity index (χ1) is 10.1. The van der Waals surface area contributed by atoms with Crippen molar-refractivity contribution in [2.45, 2.75) is 20.0 Å². The van der Waals surface area contributed by atoms with Crippen molar-refractivity contribution >= 4 is 0 Å². The van der Waals surface area contributed by atoms with E-state index in [2.05, 4.69) is 0 Å². The zero-order chi connectivity index (χ0) is 15.4. The minimum absolute atomic E-state index is 0.548. The van der Waals surface area contributed by atoms with E-state index >= 15 is 0 Å². The summed E-state index contributed by atoms with van der Waals surface area (Å²) < 4.78 is 16.6. The molecule has 0 amide bonds. The van der Waals surface area contributed by atoms with E-state index in [0.29, 0.717) is 28.6 Å². The summed E-state index contributed by atoms with van der Waals surface area (Å²) in [5.74, 6) is 2.38. The molecule has 0 spiro atoms. The fourth-order valence-electron chi connectivity index (χ4n) is 2.18. The largest absolute Gasteiger partial charge is 0.496 e. The van der Waals surface area contributed by atoms with E-state index in [0.717, 1.165) is 5.56 Å². The SMILES string of the molecule is COc1cc(C)ccc1Oc1cccc(OC)c1C(C)O. The van der Waals surface area contributed by atoms with E-state index < -0.39 is 6.10 Å². The Bertz CT molecular complexity index is 620. The number of methoxy groups -OCH3 is 2. The maximum Gasteiger partial charge on any atom is 0.169 e. The molecule has 4 heteroatoms. The Labute approximate surface area is 124 Å². The molecule has 1 atom stereocenters. The third kappa shape index (κ3) is 3.28. The lowest BCUT2D eigenvalue weighted by Crippen LogP contribution is -2.00. The summed E-state index contributed by atoms with van der Waals surface area (Å²) in [5, 5.41) is 9.97. The Kier molecular flexibility index (Phi) is 4.70. The van der Waals surface area contributed by atoms with Gasteiger partial charge in [-0.05, 0) is 43.7 Å². The van der Waals surface area contributed by atoms with Crippen LogP contribution in [-0.2, 0) is 0 Å². The molecule has 0 fully saturated rings. The van der Waals surface area contributed by atoms with Gasteiger partial charge in [-0.2, -0.15) is 0 Å². The highest BCUT2D eigenvalue weighted by Gasteiger charge is 2.17. The average molecular weight is 288 g/mol. The Balaban J connectivity index is 2.44. The van der Waals surface area contributed by atoms with Crippen molar-refractivity contribution in [3.63, 3.8) is 0 Å². The van der Waals surface area contributed by atoms with Gasteiger partial charge in [0.05, 0.1) is 25.9 Å². The van der Waals surface area contributed by atoms with Crippen LogP contribution in [0, 0.1) is 6.92 Å². The molecule has 0 aromatic heterocycles. The van der Waals surface area contributed by atoms with Crippen LogP contribution >= 0.6 is 0 Å². The number of hydrogen-bond acceptors (Lipinski definition) is 4. The van der Waals surface area contributed by atoms with Gasteiger partial charge in [0.15, 0.2) is 11.5 Å². The number of hydrogen-bond donors (Lipinski definition) is 1. The maximum atomic E-state index is 9.97. The quantitative estimate of drug-likeness (QED) is 0.907. The second-order valence-electron chi connectivity index (χ2n) is 4.80. The van der Waals surface area contributed by atoms with Crippen LogP contribution in [0.15, 0.2) is 36.4 Å². The minimum atomic E-state index is -0.701. The van der Waals surface area contributed by atoms with Crippen LogP contribution in [0.1, 0.15) is 24.2 Å². The van der Waals surface area contributed by atoms with Crippen LogP contribution in [0.25, 0.3) is 0 Å². The van der Waals surface area contributed by atoms with E-state index in [1.54, 1.807) is 33.3 Å². The molecule has 0 aliphatic heterocycles. The van der Waals surface area contributed by atoms with Gasteiger partial charge in [-0.25, -0.2) is 0 Å². The van der Waals surface area contributed by atoms with Gasteiger partial charge < -0.3 is 19.3 Å². The number of ether oxygens (including phenoxy) is 3. The monoisotopic (exact) mass is 288 g/mol. The van der Waals surface area contributed by atoms with Gasteiger partial charge in [-0.3, -0.25) is 0 Å². The second-order valence-corrected chi connectivity index (χ2v) is 4.80. The molecule has 1 N–H and O–H groups in total. The first-order valence-electron chi connectivity index (χ1n) is 6.74. The van der Waals surface area contributed by atoms with Crippen molar-refractivity contribution in [3.8, 4) is 23.0 Å². The Morgan fingerprint density at radius 1 is 0.905 bits per heavy atom. The van der Waals surface area contributed by atoms with Crippen LogP contribution in [0.3, 0.4) is 0 Å². The molecule has 2 aromatic rings. The molecule has 0 bridgehead atoms. The lowest BCUT2D eigenvalue weighted by Gasteiger charge is -2.17. The van der Waals surface area contributed by atoms with Gasteiger partial charge in [0.2, 0.25) is 0 Å². The molecule has 1 unspecified atom stereocenters. The van der Waals surface area contributed by atoms with Crippen molar-refractivity contribution < 1.29 is 19.3 Å². The molecule has 21 heavy (non-hydrogen) atoms. The smallest absolute Gasteiger partial charge is 0.169 e. The standard InChI is InChI=1S/C17H20O4/c1-11-8-9-13(16(10-11)20-4)21-15-7-5-6-14(19-3)17(15)12(2)18/h5-10,12,18H,1-4H3. The number of aryl methyl sites for hydroxylation is 1. The van der Waals surface area contributed by atoms with Gasteiger partial charge in [0.25, 0.3) is 0 Å². The van der Waals surface area contributed by atoms with Crippen molar-refractivity contribution in [3.05, 3.63) is 47.5 Å². The molecule has 0 radical (unpaired) electrons. The first kappa shape index (κ1) is 15.2. The summed E-state index contributed by atoms with van der Waals surface area (Å²) in [5.41, 5.74) is 1.70. The number of benzene rings is 2. The molecule has 0 saturated carbocycles. The number of rotatable bonds is 5. The van der Waals surface area contributed by atoms with Crippen LogP contribution < -0.4 is 14.2 Å². The molecule has 0 saturated heterocycles. The molecule has 0 heterocycles. The summed E-state index contributed by atoms with van der Waals surface area (Å²) in [6, 6.07) is 11.1. The normalized spacial score (nSPS) is 11.9. The summed E-state index contributed by atoms with van der Waals surface area (Å²) in [4.78, 5) is 0. The van der Waals surface area contributed by atoms with Gasteiger partial charge in [-0.15, -0.1) is 0 Å². The van der Waals surface area contributed by atoms with Crippen LogP contribution in [-0.4, -0.2) is 19.3 Å². The van der Waals surface area contributed by atoms with Crippen molar-refractivity contribution in [1.29, 1.82) is 0 Å². The van der Waals surface area contributed by atoms with Crippen LogP contribution in [0.4, 0.5) is 0 Å². The number of aliphatic hydroxyl groups excluding tert-OH is 1. The fraction of sp³-hybridized carbons (Fsp3) is 0.294. The third-order valence-electron chi connectivity index (χ3n) is 3.20. The topological polar surface area (TPSA) is 47.9 Å². The highest BCUT2D eigenvalue weighted by molar-refractivity contribution is 5.51. The first-order valence-corrected chi connectivity index (χ1v) is 6.74. The molecule has 2 aromatic carbocycles. The lowest BCUT2D eigenvalue weighted by atomic mass is 10.1. The highest BCUT2D eigenvalue weighted by Crippen LogP contribution is 2.39. The van der Waals surface area contributed by atoms with E-state index in [1.807, 2.05) is 31.2 Å². The van der Waals surface area contributed by atoms with Crippen LogP contribution in [0.2, 0.25) is 0 Å². The zero-order valence-electron chi connectivity index (χ0n) is 12.7. The molecular weight excluding hydrogens is 268 g/mol. The summed E-state index contributed by atoms with van der Waals surface area (Å²) >= 11 is 0. The molecule has 112 valence electrons. The molecular formula is C17H20O4. The van der Waals surface area contributed by atoms with Crippen molar-refractivity contribution in [2.75, 3.05) is 14.2 Å². The van der Waals surface area contributed by atoms with Crippen molar-refractivity contribution in [1.82, 2.24) is 0 Å². The van der Waals surface area contributed by atoms with Gasteiger partial charge in [-0.1, -0.05) is 12.1 Å². The maximum absolute atomic E-state index is 9.97. The predicted octanol–water partition coefficient (Wildman–Crippen LogP) is 3.86. The van der Waals surface area contributed by atoms with Gasteiger partial charge >= 0.3 is 0 Å². The van der Waals surface area contributed by atoms with E-state index in [4.69, 9.17) is 14.2 Å².